The van der Waals surface area contributed by atoms with E-state index in [9.17, 15) is 4.39 Å². The smallest absolute Gasteiger partial charge is 0.240 e. The highest BCUT2D eigenvalue weighted by molar-refractivity contribution is 6.30. The first-order chi connectivity index (χ1) is 10.2. The molecule has 0 atom stereocenters. The molecule has 0 aliphatic rings. The highest BCUT2D eigenvalue weighted by Crippen LogP contribution is 2.23. The summed E-state index contributed by atoms with van der Waals surface area (Å²) in [5, 5.41) is 3.14. The molecule has 0 bridgehead atoms. The molecule has 3 aromatic rings. The first-order valence-corrected chi connectivity index (χ1v) is 6.43. The summed E-state index contributed by atoms with van der Waals surface area (Å²) < 4.78 is 15.6. The van der Waals surface area contributed by atoms with Gasteiger partial charge in [-0.2, -0.15) is 15.0 Å². The molecule has 0 saturated heterocycles. The van der Waals surface area contributed by atoms with Crippen LogP contribution in [0.1, 0.15) is 0 Å². The maximum atomic E-state index is 14.0. The zero-order valence-electron chi connectivity index (χ0n) is 11.0. The number of halogens is 2. The molecular formula is C13H10ClFN6. The molecule has 0 spiro atoms. The van der Waals surface area contributed by atoms with E-state index in [1.54, 1.807) is 36.4 Å². The van der Waals surface area contributed by atoms with Crippen LogP contribution >= 0.6 is 11.6 Å². The van der Waals surface area contributed by atoms with Gasteiger partial charge in [-0.1, -0.05) is 11.6 Å². The molecule has 0 aliphatic carbocycles. The van der Waals surface area contributed by atoms with Gasteiger partial charge < -0.3 is 5.32 Å². The Labute approximate surface area is 124 Å². The zero-order chi connectivity index (χ0) is 14.8. The van der Waals surface area contributed by atoms with Gasteiger partial charge in [0.15, 0.2) is 5.82 Å². The molecule has 0 aliphatic heterocycles. The third kappa shape index (κ3) is 2.68. The van der Waals surface area contributed by atoms with Gasteiger partial charge in [0.05, 0.1) is 5.56 Å². The van der Waals surface area contributed by atoms with Crippen LogP contribution in [0.5, 0.6) is 0 Å². The molecule has 106 valence electrons. The van der Waals surface area contributed by atoms with Gasteiger partial charge in [0, 0.05) is 24.5 Å². The van der Waals surface area contributed by atoms with Gasteiger partial charge in [-0.25, -0.2) is 9.37 Å². The molecule has 6 nitrogen and oxygen atoms in total. The fourth-order valence-electron chi connectivity index (χ4n) is 1.76. The summed E-state index contributed by atoms with van der Waals surface area (Å²) in [6, 6.07) is 4.33. The molecule has 0 amide bonds. The van der Waals surface area contributed by atoms with Crippen LogP contribution in [0.3, 0.4) is 0 Å². The molecule has 1 N–H and O–H groups in total. The molecule has 0 radical (unpaired) electrons. The first kappa shape index (κ1) is 13.4. The Morgan fingerprint density at radius 1 is 1.24 bits per heavy atom. The standard InChI is InChI=1S/C13H10ClFN6/c1-16-12-18-11(9-3-2-8(14)6-10(9)15)19-13(20-12)21-5-4-17-7-21/h2-7H,1H3,(H,16,18,19,20). The summed E-state index contributed by atoms with van der Waals surface area (Å²) in [4.78, 5) is 16.6. The minimum Gasteiger partial charge on any atom is -0.357 e. The first-order valence-electron chi connectivity index (χ1n) is 6.05. The molecule has 1 aromatic carbocycles. The van der Waals surface area contributed by atoms with Crippen molar-refractivity contribution in [3.63, 3.8) is 0 Å². The Kier molecular flexibility index (Phi) is 3.49. The minimum atomic E-state index is -0.493. The summed E-state index contributed by atoms with van der Waals surface area (Å²) in [7, 11) is 1.68. The fourth-order valence-corrected chi connectivity index (χ4v) is 1.92. The molecule has 8 heteroatoms. The van der Waals surface area contributed by atoms with Crippen molar-refractivity contribution < 1.29 is 4.39 Å². The quantitative estimate of drug-likeness (QED) is 0.805. The number of nitrogens with zero attached hydrogens (tertiary/aromatic N) is 5. The van der Waals surface area contributed by atoms with Crippen LogP contribution < -0.4 is 5.32 Å². The van der Waals surface area contributed by atoms with Crippen LogP contribution in [0.4, 0.5) is 10.3 Å². The zero-order valence-corrected chi connectivity index (χ0v) is 11.7. The van der Waals surface area contributed by atoms with E-state index in [-0.39, 0.29) is 11.4 Å². The average molecular weight is 305 g/mol. The van der Waals surface area contributed by atoms with Crippen molar-refractivity contribution in [2.75, 3.05) is 12.4 Å². The number of anilines is 1. The van der Waals surface area contributed by atoms with Crippen molar-refractivity contribution in [3.8, 4) is 17.3 Å². The molecule has 0 saturated carbocycles. The van der Waals surface area contributed by atoms with Crippen molar-refractivity contribution in [3.05, 3.63) is 47.8 Å². The lowest BCUT2D eigenvalue weighted by Crippen LogP contribution is -2.07. The largest absolute Gasteiger partial charge is 0.357 e. The van der Waals surface area contributed by atoms with E-state index in [4.69, 9.17) is 11.6 Å². The van der Waals surface area contributed by atoms with E-state index >= 15 is 0 Å². The number of hydrogen-bond donors (Lipinski definition) is 1. The number of benzene rings is 1. The molecule has 21 heavy (non-hydrogen) atoms. The van der Waals surface area contributed by atoms with Crippen molar-refractivity contribution in [2.45, 2.75) is 0 Å². The summed E-state index contributed by atoms with van der Waals surface area (Å²) in [6.07, 6.45) is 4.85. The average Bonchev–Trinajstić information content (AvgIpc) is 3.01. The van der Waals surface area contributed by atoms with Gasteiger partial charge in [0.2, 0.25) is 11.9 Å². The molecule has 2 aromatic heterocycles. The van der Waals surface area contributed by atoms with Gasteiger partial charge in [0.25, 0.3) is 0 Å². The van der Waals surface area contributed by atoms with E-state index in [0.29, 0.717) is 16.9 Å². The maximum absolute atomic E-state index is 14.0. The second-order valence-electron chi connectivity index (χ2n) is 4.13. The number of nitrogens with one attached hydrogen (secondary N) is 1. The second kappa shape index (κ2) is 5.45. The highest BCUT2D eigenvalue weighted by atomic mass is 35.5. The van der Waals surface area contributed by atoms with Gasteiger partial charge in [-0.15, -0.1) is 0 Å². The van der Waals surface area contributed by atoms with Gasteiger partial charge >= 0.3 is 0 Å². The predicted molar refractivity (Wildman–Crippen MR) is 76.9 cm³/mol. The van der Waals surface area contributed by atoms with E-state index in [1.165, 1.54) is 12.1 Å². The van der Waals surface area contributed by atoms with Gasteiger partial charge in [-0.05, 0) is 18.2 Å². The monoisotopic (exact) mass is 304 g/mol. The Balaban J connectivity index is 2.16. The lowest BCUT2D eigenvalue weighted by Gasteiger charge is -2.08. The van der Waals surface area contributed by atoms with Crippen molar-refractivity contribution >= 4 is 17.5 Å². The van der Waals surface area contributed by atoms with Crippen LogP contribution in [-0.4, -0.2) is 31.6 Å². The topological polar surface area (TPSA) is 68.5 Å². The number of aromatic nitrogens is 5. The van der Waals surface area contributed by atoms with Crippen LogP contribution in [0, 0.1) is 5.82 Å². The number of imidazole rings is 1. The van der Waals surface area contributed by atoms with Gasteiger partial charge in [0.1, 0.15) is 12.1 Å². The molecule has 2 heterocycles. The predicted octanol–water partition coefficient (Wildman–Crippen LogP) is 2.56. The number of hydrogen-bond acceptors (Lipinski definition) is 5. The van der Waals surface area contributed by atoms with E-state index < -0.39 is 5.82 Å². The molecule has 0 unspecified atom stereocenters. The van der Waals surface area contributed by atoms with Crippen LogP contribution in [-0.2, 0) is 0 Å². The lowest BCUT2D eigenvalue weighted by molar-refractivity contribution is 0.630. The molecule has 3 rings (SSSR count). The van der Waals surface area contributed by atoms with Crippen LogP contribution in [0.25, 0.3) is 17.3 Å². The van der Waals surface area contributed by atoms with Crippen molar-refractivity contribution in [1.82, 2.24) is 24.5 Å². The Hall–Kier alpha value is -2.54. The van der Waals surface area contributed by atoms with Crippen molar-refractivity contribution in [2.24, 2.45) is 0 Å². The Morgan fingerprint density at radius 2 is 2.10 bits per heavy atom. The summed E-state index contributed by atoms with van der Waals surface area (Å²) in [5.41, 5.74) is 0.250. The normalized spacial score (nSPS) is 10.6. The lowest BCUT2D eigenvalue weighted by atomic mass is 10.2. The summed E-state index contributed by atoms with van der Waals surface area (Å²) >= 11 is 5.76. The van der Waals surface area contributed by atoms with E-state index in [0.717, 1.165) is 0 Å². The van der Waals surface area contributed by atoms with Crippen LogP contribution in [0.2, 0.25) is 5.02 Å². The van der Waals surface area contributed by atoms with Crippen LogP contribution in [0.15, 0.2) is 36.9 Å². The number of rotatable bonds is 3. The highest BCUT2D eigenvalue weighted by Gasteiger charge is 2.13. The minimum absolute atomic E-state index is 0.215. The maximum Gasteiger partial charge on any atom is 0.240 e. The molecule has 0 fully saturated rings. The molecular weight excluding hydrogens is 295 g/mol. The third-order valence-corrected chi connectivity index (χ3v) is 2.99. The van der Waals surface area contributed by atoms with E-state index in [2.05, 4.69) is 25.3 Å². The Bertz CT molecular complexity index is 774. The summed E-state index contributed by atoms with van der Waals surface area (Å²) in [6.45, 7) is 0. The van der Waals surface area contributed by atoms with E-state index in [1.807, 2.05) is 0 Å². The van der Waals surface area contributed by atoms with Crippen molar-refractivity contribution in [1.29, 1.82) is 0 Å². The fraction of sp³-hybridized carbons (Fsp3) is 0.0769. The van der Waals surface area contributed by atoms with Gasteiger partial charge in [-0.3, -0.25) is 4.57 Å². The summed E-state index contributed by atoms with van der Waals surface area (Å²) in [5.74, 6) is 0.397. The SMILES string of the molecule is CNc1nc(-c2ccc(Cl)cc2F)nc(-n2ccnc2)n1. The third-order valence-electron chi connectivity index (χ3n) is 2.75. The second-order valence-corrected chi connectivity index (χ2v) is 4.56. The Morgan fingerprint density at radius 3 is 2.76 bits per heavy atom.